The zero-order valence-electron chi connectivity index (χ0n) is 17.8. The van der Waals surface area contributed by atoms with Gasteiger partial charge in [-0.25, -0.2) is 0 Å². The van der Waals surface area contributed by atoms with E-state index in [1.54, 1.807) is 62.4 Å². The fourth-order valence-electron chi connectivity index (χ4n) is 2.70. The highest BCUT2D eigenvalue weighted by Gasteiger charge is 2.08. The first-order chi connectivity index (χ1) is 14.9. The molecule has 8 heteroatoms. The van der Waals surface area contributed by atoms with E-state index < -0.39 is 0 Å². The number of nitrogens with one attached hydrogen (secondary N) is 4. The number of benzene rings is 2. The summed E-state index contributed by atoms with van der Waals surface area (Å²) in [6, 6.07) is 13.8. The molecule has 0 heterocycles. The molecule has 0 unspecified atom stereocenters. The van der Waals surface area contributed by atoms with Gasteiger partial charge in [0.05, 0.1) is 0 Å². The largest absolute Gasteiger partial charge is 0.326 e. The minimum atomic E-state index is -0.212. The molecule has 31 heavy (non-hydrogen) atoms. The minimum absolute atomic E-state index is 0.104. The van der Waals surface area contributed by atoms with Gasteiger partial charge in [-0.1, -0.05) is 26.0 Å². The van der Waals surface area contributed by atoms with Gasteiger partial charge in [-0.2, -0.15) is 0 Å². The summed E-state index contributed by atoms with van der Waals surface area (Å²) in [6.45, 7) is 3.52. The Balaban J connectivity index is 1.76. The number of carbonyl (C=O) groups excluding carboxylic acids is 4. The van der Waals surface area contributed by atoms with Crippen molar-refractivity contribution >= 4 is 46.4 Å². The van der Waals surface area contributed by atoms with E-state index in [0.29, 0.717) is 42.0 Å². The number of amides is 4. The Morgan fingerprint density at radius 2 is 0.903 bits per heavy atom. The van der Waals surface area contributed by atoms with Crippen LogP contribution in [0.4, 0.5) is 22.7 Å². The van der Waals surface area contributed by atoms with Gasteiger partial charge in [-0.3, -0.25) is 19.2 Å². The molecule has 4 amide bonds. The monoisotopic (exact) mass is 424 g/mol. The average Bonchev–Trinajstić information content (AvgIpc) is 2.74. The quantitative estimate of drug-likeness (QED) is 0.459. The van der Waals surface area contributed by atoms with Crippen molar-refractivity contribution in [2.75, 3.05) is 21.3 Å². The lowest BCUT2D eigenvalue weighted by Crippen LogP contribution is -2.15. The van der Waals surface area contributed by atoms with Crippen LogP contribution in [0.3, 0.4) is 0 Å². The molecule has 0 aliphatic rings. The smallest absolute Gasteiger partial charge is 0.224 e. The predicted octanol–water partition coefficient (Wildman–Crippen LogP) is 4.13. The number of carbonyl (C=O) groups is 4. The summed E-state index contributed by atoms with van der Waals surface area (Å²) in [5.74, 6) is -0.632. The van der Waals surface area contributed by atoms with Crippen LogP contribution in [0.2, 0.25) is 0 Å². The van der Waals surface area contributed by atoms with Crippen LogP contribution in [-0.2, 0) is 19.2 Å². The second kappa shape index (κ2) is 12.1. The summed E-state index contributed by atoms with van der Waals surface area (Å²) >= 11 is 0. The standard InChI is InChI=1S/C23H28N4O4/c1-3-20(28)24-16-8-5-10-18(14-16)26-22(30)12-7-13-23(31)27-19-11-6-9-17(15-19)25-21(29)4-2/h5-6,8-11,14-15H,3-4,7,12-13H2,1-2H3,(H,24,28)(H,25,29)(H,26,30)(H,27,31). The summed E-state index contributed by atoms with van der Waals surface area (Å²) in [7, 11) is 0. The Labute approximate surface area is 181 Å². The van der Waals surface area contributed by atoms with Crippen LogP contribution in [0.5, 0.6) is 0 Å². The van der Waals surface area contributed by atoms with E-state index in [0.717, 1.165) is 0 Å². The fourth-order valence-corrected chi connectivity index (χ4v) is 2.70. The van der Waals surface area contributed by atoms with Gasteiger partial charge >= 0.3 is 0 Å². The molecule has 0 atom stereocenters. The topological polar surface area (TPSA) is 116 Å². The van der Waals surface area contributed by atoms with Gasteiger partial charge < -0.3 is 21.3 Å². The Morgan fingerprint density at radius 1 is 0.581 bits per heavy atom. The lowest BCUT2D eigenvalue weighted by Gasteiger charge is -2.09. The third kappa shape index (κ3) is 8.69. The fraction of sp³-hybridized carbons (Fsp3) is 0.304. The van der Waals surface area contributed by atoms with Gasteiger partial charge in [0.1, 0.15) is 0 Å². The van der Waals surface area contributed by atoms with Crippen molar-refractivity contribution in [3.05, 3.63) is 48.5 Å². The maximum absolute atomic E-state index is 12.1. The number of anilines is 4. The van der Waals surface area contributed by atoms with E-state index >= 15 is 0 Å². The Bertz CT molecular complexity index is 867. The summed E-state index contributed by atoms with van der Waals surface area (Å²) in [6.07, 6.45) is 1.50. The van der Waals surface area contributed by atoms with Gasteiger partial charge in [0.2, 0.25) is 23.6 Å². The molecule has 8 nitrogen and oxygen atoms in total. The summed E-state index contributed by atoms with van der Waals surface area (Å²) in [5.41, 5.74) is 2.38. The molecule has 0 aliphatic heterocycles. The van der Waals surface area contributed by atoms with Crippen LogP contribution in [0, 0.1) is 0 Å². The molecule has 0 saturated heterocycles. The molecule has 0 spiro atoms. The molecule has 0 fully saturated rings. The highest BCUT2D eigenvalue weighted by atomic mass is 16.2. The molecule has 0 radical (unpaired) electrons. The summed E-state index contributed by atoms with van der Waals surface area (Å²) < 4.78 is 0. The van der Waals surface area contributed by atoms with Gasteiger partial charge in [-0.15, -0.1) is 0 Å². The van der Waals surface area contributed by atoms with Crippen LogP contribution in [-0.4, -0.2) is 23.6 Å². The normalized spacial score (nSPS) is 10.1. The Kier molecular flexibility index (Phi) is 9.22. The number of hydrogen-bond acceptors (Lipinski definition) is 4. The SMILES string of the molecule is CCC(=O)Nc1cccc(NC(=O)CCCC(=O)Nc2cccc(NC(=O)CC)c2)c1. The molecule has 0 aromatic heterocycles. The Morgan fingerprint density at radius 3 is 1.23 bits per heavy atom. The summed E-state index contributed by atoms with van der Waals surface area (Å²) in [4.78, 5) is 47.2. The van der Waals surface area contributed by atoms with Gasteiger partial charge in [0.15, 0.2) is 0 Å². The van der Waals surface area contributed by atoms with Crippen LogP contribution in [0.25, 0.3) is 0 Å². The second-order valence-electron chi connectivity index (χ2n) is 6.91. The molecule has 2 aromatic carbocycles. The molecule has 2 rings (SSSR count). The van der Waals surface area contributed by atoms with Crippen molar-refractivity contribution in [3.8, 4) is 0 Å². The molecular formula is C23H28N4O4. The molecule has 4 N–H and O–H groups in total. The average molecular weight is 425 g/mol. The second-order valence-corrected chi connectivity index (χ2v) is 6.91. The molecular weight excluding hydrogens is 396 g/mol. The number of hydrogen-bond donors (Lipinski definition) is 4. The van der Waals surface area contributed by atoms with E-state index in [2.05, 4.69) is 21.3 Å². The minimum Gasteiger partial charge on any atom is -0.326 e. The Hall–Kier alpha value is -3.68. The lowest BCUT2D eigenvalue weighted by molar-refractivity contribution is -0.118. The van der Waals surface area contributed by atoms with E-state index in [4.69, 9.17) is 0 Å². The zero-order chi connectivity index (χ0) is 22.6. The van der Waals surface area contributed by atoms with Crippen LogP contribution < -0.4 is 21.3 Å². The van der Waals surface area contributed by atoms with E-state index in [1.807, 2.05) is 0 Å². The lowest BCUT2D eigenvalue weighted by atomic mass is 10.2. The maximum Gasteiger partial charge on any atom is 0.224 e. The van der Waals surface area contributed by atoms with Crippen molar-refractivity contribution in [1.29, 1.82) is 0 Å². The highest BCUT2D eigenvalue weighted by Crippen LogP contribution is 2.17. The first-order valence-electron chi connectivity index (χ1n) is 10.3. The van der Waals surface area contributed by atoms with Crippen LogP contribution >= 0.6 is 0 Å². The molecule has 164 valence electrons. The maximum atomic E-state index is 12.1. The van der Waals surface area contributed by atoms with Crippen molar-refractivity contribution in [2.45, 2.75) is 46.0 Å². The molecule has 0 saturated carbocycles. The highest BCUT2D eigenvalue weighted by molar-refractivity contribution is 5.95. The van der Waals surface area contributed by atoms with E-state index in [-0.39, 0.29) is 36.5 Å². The molecule has 0 bridgehead atoms. The van der Waals surface area contributed by atoms with Gasteiger partial charge in [0.25, 0.3) is 0 Å². The van der Waals surface area contributed by atoms with Crippen LogP contribution in [0.15, 0.2) is 48.5 Å². The summed E-state index contributed by atoms with van der Waals surface area (Å²) in [5, 5.41) is 11.0. The van der Waals surface area contributed by atoms with E-state index in [9.17, 15) is 19.2 Å². The first kappa shape index (κ1) is 23.6. The third-order valence-corrected chi connectivity index (χ3v) is 4.31. The first-order valence-corrected chi connectivity index (χ1v) is 10.3. The third-order valence-electron chi connectivity index (χ3n) is 4.31. The molecule has 2 aromatic rings. The number of rotatable bonds is 10. The van der Waals surface area contributed by atoms with Gasteiger partial charge in [0, 0.05) is 48.4 Å². The van der Waals surface area contributed by atoms with Crippen LogP contribution in [0.1, 0.15) is 46.0 Å². The zero-order valence-corrected chi connectivity index (χ0v) is 17.8. The molecule has 0 aliphatic carbocycles. The van der Waals surface area contributed by atoms with Crippen molar-refractivity contribution in [2.24, 2.45) is 0 Å². The van der Waals surface area contributed by atoms with Crippen molar-refractivity contribution < 1.29 is 19.2 Å². The van der Waals surface area contributed by atoms with Crippen molar-refractivity contribution in [1.82, 2.24) is 0 Å². The predicted molar refractivity (Wildman–Crippen MR) is 122 cm³/mol. The van der Waals surface area contributed by atoms with Gasteiger partial charge in [-0.05, 0) is 42.8 Å². The van der Waals surface area contributed by atoms with E-state index in [1.165, 1.54) is 0 Å². The van der Waals surface area contributed by atoms with Crippen molar-refractivity contribution in [3.63, 3.8) is 0 Å².